The summed E-state index contributed by atoms with van der Waals surface area (Å²) in [5, 5.41) is 8.90. The molecule has 1 fully saturated rings. The molecule has 3 atom stereocenters. The molecule has 0 aromatic rings. The number of carbonyl (C=O) groups excluding carboxylic acids is 2. The van der Waals surface area contributed by atoms with Crippen molar-refractivity contribution in [1.82, 2.24) is 16.0 Å². The van der Waals surface area contributed by atoms with Crippen molar-refractivity contribution < 1.29 is 9.59 Å². The van der Waals surface area contributed by atoms with Gasteiger partial charge in [0.15, 0.2) is 0 Å². The quantitative estimate of drug-likeness (QED) is 0.681. The highest BCUT2D eigenvalue weighted by Gasteiger charge is 2.26. The molecule has 5 heteroatoms. The molecule has 0 saturated carbocycles. The Morgan fingerprint density at radius 2 is 1.89 bits per heavy atom. The lowest BCUT2D eigenvalue weighted by Gasteiger charge is -2.28. The summed E-state index contributed by atoms with van der Waals surface area (Å²) in [6.07, 6.45) is 1.68. The van der Waals surface area contributed by atoms with Crippen molar-refractivity contribution in [2.45, 2.75) is 58.7 Å². The van der Waals surface area contributed by atoms with Gasteiger partial charge in [0.25, 0.3) is 0 Å². The van der Waals surface area contributed by atoms with E-state index in [9.17, 15) is 9.59 Å². The summed E-state index contributed by atoms with van der Waals surface area (Å²) in [4.78, 5) is 23.7. The van der Waals surface area contributed by atoms with Crippen molar-refractivity contribution in [3.63, 3.8) is 0 Å². The molecule has 1 saturated heterocycles. The van der Waals surface area contributed by atoms with E-state index >= 15 is 0 Å². The van der Waals surface area contributed by atoms with Gasteiger partial charge in [-0.15, -0.1) is 0 Å². The van der Waals surface area contributed by atoms with Crippen molar-refractivity contribution in [2.24, 2.45) is 5.92 Å². The smallest absolute Gasteiger partial charge is 0.242 e. The van der Waals surface area contributed by atoms with Crippen LogP contribution in [0.4, 0.5) is 0 Å². The Morgan fingerprint density at radius 1 is 1.22 bits per heavy atom. The van der Waals surface area contributed by atoms with E-state index in [0.717, 1.165) is 19.4 Å². The SMILES string of the molecule is CC(C)NC(=O)C(C)NC(=O)C1CCNC(C)C1. The molecule has 2 amide bonds. The van der Waals surface area contributed by atoms with Gasteiger partial charge in [-0.2, -0.15) is 0 Å². The van der Waals surface area contributed by atoms with Crippen LogP contribution in [0.5, 0.6) is 0 Å². The lowest BCUT2D eigenvalue weighted by atomic mass is 9.92. The highest BCUT2D eigenvalue weighted by Crippen LogP contribution is 2.16. The predicted octanol–water partition coefficient (Wildman–Crippen LogP) is 0.404. The highest BCUT2D eigenvalue weighted by molar-refractivity contribution is 5.88. The van der Waals surface area contributed by atoms with Crippen LogP contribution in [0.15, 0.2) is 0 Å². The van der Waals surface area contributed by atoms with E-state index in [4.69, 9.17) is 0 Å². The Hall–Kier alpha value is -1.10. The third-order valence-corrected chi connectivity index (χ3v) is 3.18. The maximum absolute atomic E-state index is 12.0. The molecule has 0 aromatic heterocycles. The fourth-order valence-corrected chi connectivity index (χ4v) is 2.18. The van der Waals surface area contributed by atoms with Gasteiger partial charge in [0.1, 0.15) is 6.04 Å². The Kier molecular flexibility index (Phi) is 5.59. The van der Waals surface area contributed by atoms with E-state index in [0.29, 0.717) is 6.04 Å². The van der Waals surface area contributed by atoms with Gasteiger partial charge in [0.05, 0.1) is 0 Å². The average molecular weight is 255 g/mol. The third kappa shape index (κ3) is 4.64. The van der Waals surface area contributed by atoms with Crippen LogP contribution < -0.4 is 16.0 Å². The number of nitrogens with one attached hydrogen (secondary N) is 3. The lowest BCUT2D eigenvalue weighted by molar-refractivity contribution is -0.131. The van der Waals surface area contributed by atoms with Crippen molar-refractivity contribution in [2.75, 3.05) is 6.54 Å². The Labute approximate surface area is 109 Å². The first-order chi connectivity index (χ1) is 8.40. The number of hydrogen-bond donors (Lipinski definition) is 3. The fourth-order valence-electron chi connectivity index (χ4n) is 2.18. The van der Waals surface area contributed by atoms with Crippen LogP contribution in [0, 0.1) is 5.92 Å². The van der Waals surface area contributed by atoms with E-state index in [1.54, 1.807) is 6.92 Å². The van der Waals surface area contributed by atoms with Gasteiger partial charge < -0.3 is 16.0 Å². The van der Waals surface area contributed by atoms with Crippen LogP contribution in [0.1, 0.15) is 40.5 Å². The first-order valence-corrected chi connectivity index (χ1v) is 6.74. The van der Waals surface area contributed by atoms with Crippen LogP contribution in [-0.2, 0) is 9.59 Å². The zero-order valence-electron chi connectivity index (χ0n) is 11.7. The van der Waals surface area contributed by atoms with Crippen LogP contribution in [-0.4, -0.2) is 36.5 Å². The number of hydrogen-bond acceptors (Lipinski definition) is 3. The fraction of sp³-hybridized carbons (Fsp3) is 0.846. The van der Waals surface area contributed by atoms with Crippen LogP contribution in [0.3, 0.4) is 0 Å². The number of carbonyl (C=O) groups is 2. The van der Waals surface area contributed by atoms with Crippen LogP contribution in [0.2, 0.25) is 0 Å². The molecule has 18 heavy (non-hydrogen) atoms. The standard InChI is InChI=1S/C13H25N3O2/c1-8(2)15-12(17)10(4)16-13(18)11-5-6-14-9(3)7-11/h8-11,14H,5-7H2,1-4H3,(H,15,17)(H,16,18). The van der Waals surface area contributed by atoms with Gasteiger partial charge in [0.2, 0.25) is 11.8 Å². The number of amides is 2. The molecule has 0 bridgehead atoms. The zero-order valence-corrected chi connectivity index (χ0v) is 11.7. The molecule has 3 N–H and O–H groups in total. The molecule has 1 rings (SSSR count). The normalized spacial score (nSPS) is 25.6. The Balaban J connectivity index is 2.41. The molecule has 0 radical (unpaired) electrons. The van der Waals surface area contributed by atoms with Crippen LogP contribution in [0.25, 0.3) is 0 Å². The molecule has 1 heterocycles. The molecule has 3 unspecified atom stereocenters. The Morgan fingerprint density at radius 3 is 2.44 bits per heavy atom. The zero-order chi connectivity index (χ0) is 13.7. The predicted molar refractivity (Wildman–Crippen MR) is 71.1 cm³/mol. The van der Waals surface area contributed by atoms with Gasteiger partial charge >= 0.3 is 0 Å². The minimum atomic E-state index is -0.468. The molecule has 1 aliphatic heterocycles. The van der Waals surface area contributed by atoms with Crippen molar-refractivity contribution in [3.8, 4) is 0 Å². The van der Waals surface area contributed by atoms with Gasteiger partial charge in [-0.05, 0) is 47.1 Å². The maximum Gasteiger partial charge on any atom is 0.242 e. The monoisotopic (exact) mass is 255 g/mol. The third-order valence-electron chi connectivity index (χ3n) is 3.18. The number of rotatable bonds is 4. The minimum absolute atomic E-state index is 0.00486. The summed E-state index contributed by atoms with van der Waals surface area (Å²) >= 11 is 0. The molecule has 0 aliphatic carbocycles. The van der Waals surface area contributed by atoms with E-state index < -0.39 is 6.04 Å². The minimum Gasteiger partial charge on any atom is -0.352 e. The summed E-state index contributed by atoms with van der Waals surface area (Å²) in [7, 11) is 0. The van der Waals surface area contributed by atoms with Crippen molar-refractivity contribution in [1.29, 1.82) is 0 Å². The van der Waals surface area contributed by atoms with Gasteiger partial charge in [-0.3, -0.25) is 9.59 Å². The first kappa shape index (κ1) is 15.0. The summed E-state index contributed by atoms with van der Waals surface area (Å²) in [5.41, 5.74) is 0. The largest absolute Gasteiger partial charge is 0.352 e. The van der Waals surface area contributed by atoms with Crippen molar-refractivity contribution >= 4 is 11.8 Å². The van der Waals surface area contributed by atoms with E-state index in [1.165, 1.54) is 0 Å². The van der Waals surface area contributed by atoms with E-state index in [-0.39, 0.29) is 23.8 Å². The molecule has 0 spiro atoms. The molecule has 1 aliphatic rings. The first-order valence-electron chi connectivity index (χ1n) is 6.74. The second-order valence-electron chi connectivity index (χ2n) is 5.47. The highest BCUT2D eigenvalue weighted by atomic mass is 16.2. The Bertz CT molecular complexity index is 305. The average Bonchev–Trinajstić information content (AvgIpc) is 2.27. The summed E-state index contributed by atoms with van der Waals surface area (Å²) in [6, 6.07) is -0.00450. The molecule has 0 aromatic carbocycles. The molecular weight excluding hydrogens is 230 g/mol. The molecule has 5 nitrogen and oxygen atoms in total. The summed E-state index contributed by atoms with van der Waals surface area (Å²) in [6.45, 7) is 8.47. The lowest BCUT2D eigenvalue weighted by Crippen LogP contribution is -2.50. The van der Waals surface area contributed by atoms with E-state index in [1.807, 2.05) is 13.8 Å². The maximum atomic E-state index is 12.0. The van der Waals surface area contributed by atoms with Gasteiger partial charge in [-0.1, -0.05) is 0 Å². The molecular formula is C13H25N3O2. The second-order valence-corrected chi connectivity index (χ2v) is 5.47. The van der Waals surface area contributed by atoms with Gasteiger partial charge in [-0.25, -0.2) is 0 Å². The second kappa shape index (κ2) is 6.73. The summed E-state index contributed by atoms with van der Waals surface area (Å²) in [5.74, 6) is -0.106. The van der Waals surface area contributed by atoms with E-state index in [2.05, 4.69) is 22.9 Å². The summed E-state index contributed by atoms with van der Waals surface area (Å²) < 4.78 is 0. The topological polar surface area (TPSA) is 70.2 Å². The van der Waals surface area contributed by atoms with Crippen molar-refractivity contribution in [3.05, 3.63) is 0 Å². The molecule has 104 valence electrons. The van der Waals surface area contributed by atoms with Gasteiger partial charge in [0, 0.05) is 18.0 Å². The number of piperidine rings is 1. The van der Waals surface area contributed by atoms with Crippen LogP contribution >= 0.6 is 0 Å².